The van der Waals surface area contributed by atoms with Gasteiger partial charge < -0.3 is 25.4 Å². The van der Waals surface area contributed by atoms with Crippen molar-refractivity contribution in [2.45, 2.75) is 19.1 Å². The molecule has 32 heavy (non-hydrogen) atoms. The van der Waals surface area contributed by atoms with Crippen LogP contribution in [0.2, 0.25) is 0 Å². The molecule has 1 unspecified atom stereocenters. The standard InChI is InChI=1S/C19H20FN3O2.C6H6O/c20-14-2-1-3-16(9-14)25-12-13-4-5-17-18(8-13)23-7-6-21-11-15(23)10-19(24)22-17;7-6-4-2-1-3-5-6/h1-5,8-9,15,21H,6-7,10-12H2,(H,22,24);1-5,7H. The molecule has 3 N–H and O–H groups in total. The van der Waals surface area contributed by atoms with Gasteiger partial charge in [-0.2, -0.15) is 0 Å². The number of hydrogen-bond donors (Lipinski definition) is 3. The second kappa shape index (κ2) is 10.2. The van der Waals surface area contributed by atoms with Crippen LogP contribution in [-0.4, -0.2) is 36.7 Å². The third-order valence-corrected chi connectivity index (χ3v) is 5.37. The Kier molecular flexibility index (Phi) is 6.87. The van der Waals surface area contributed by atoms with Gasteiger partial charge in [0, 0.05) is 32.1 Å². The van der Waals surface area contributed by atoms with E-state index >= 15 is 0 Å². The highest BCUT2D eigenvalue weighted by molar-refractivity contribution is 5.97. The number of halogens is 1. The van der Waals surface area contributed by atoms with E-state index in [0.717, 1.165) is 36.6 Å². The number of carbonyl (C=O) groups excluding carboxylic acids is 1. The number of piperazine rings is 1. The van der Waals surface area contributed by atoms with Crippen LogP contribution >= 0.6 is 0 Å². The van der Waals surface area contributed by atoms with Gasteiger partial charge in [-0.25, -0.2) is 4.39 Å². The first kappa shape index (κ1) is 21.6. The lowest BCUT2D eigenvalue weighted by molar-refractivity contribution is -0.116. The molecule has 5 rings (SSSR count). The molecule has 7 heteroatoms. The Bertz CT molecular complexity index is 1060. The Morgan fingerprint density at radius 3 is 2.66 bits per heavy atom. The maximum Gasteiger partial charge on any atom is 0.226 e. The highest BCUT2D eigenvalue weighted by Crippen LogP contribution is 2.33. The number of hydrogen-bond acceptors (Lipinski definition) is 5. The van der Waals surface area contributed by atoms with E-state index in [1.54, 1.807) is 36.4 Å². The molecule has 2 aliphatic heterocycles. The Balaban J connectivity index is 0.000000300. The largest absolute Gasteiger partial charge is 0.508 e. The number of phenols is 1. The zero-order chi connectivity index (χ0) is 22.3. The second-order valence-electron chi connectivity index (χ2n) is 7.74. The van der Waals surface area contributed by atoms with E-state index in [4.69, 9.17) is 9.84 Å². The predicted molar refractivity (Wildman–Crippen MR) is 123 cm³/mol. The molecule has 0 bridgehead atoms. The highest BCUT2D eigenvalue weighted by atomic mass is 19.1. The first-order chi connectivity index (χ1) is 15.6. The summed E-state index contributed by atoms with van der Waals surface area (Å²) in [6.07, 6.45) is 0.483. The number of para-hydroxylation sites is 1. The van der Waals surface area contributed by atoms with Crippen LogP contribution in [0.25, 0.3) is 0 Å². The molecule has 6 nitrogen and oxygen atoms in total. The Morgan fingerprint density at radius 2 is 1.91 bits per heavy atom. The number of phenolic OH excluding ortho intramolecular Hbond substituents is 1. The zero-order valence-corrected chi connectivity index (χ0v) is 17.6. The van der Waals surface area contributed by atoms with Gasteiger partial charge in [-0.3, -0.25) is 4.79 Å². The molecule has 1 fully saturated rings. The monoisotopic (exact) mass is 435 g/mol. The maximum absolute atomic E-state index is 13.3. The Morgan fingerprint density at radius 1 is 1.06 bits per heavy atom. The van der Waals surface area contributed by atoms with Gasteiger partial charge in [0.2, 0.25) is 5.91 Å². The van der Waals surface area contributed by atoms with Crippen LogP contribution in [0.1, 0.15) is 12.0 Å². The van der Waals surface area contributed by atoms with Gasteiger partial charge in [0.15, 0.2) is 0 Å². The minimum Gasteiger partial charge on any atom is -0.508 e. The van der Waals surface area contributed by atoms with Crippen LogP contribution in [0.15, 0.2) is 72.8 Å². The van der Waals surface area contributed by atoms with Crippen LogP contribution < -0.4 is 20.3 Å². The number of nitrogens with one attached hydrogen (secondary N) is 2. The van der Waals surface area contributed by atoms with Crippen LogP contribution in [0.3, 0.4) is 0 Å². The van der Waals surface area contributed by atoms with Gasteiger partial charge in [0.25, 0.3) is 0 Å². The summed E-state index contributed by atoms with van der Waals surface area (Å²) in [5.41, 5.74) is 2.85. The van der Waals surface area contributed by atoms with Crippen molar-refractivity contribution in [1.29, 1.82) is 0 Å². The van der Waals surface area contributed by atoms with Gasteiger partial charge in [0.05, 0.1) is 17.4 Å². The first-order valence-corrected chi connectivity index (χ1v) is 10.6. The molecule has 2 heterocycles. The number of nitrogens with zero attached hydrogens (tertiary/aromatic N) is 1. The molecule has 1 saturated heterocycles. The van der Waals surface area contributed by atoms with Gasteiger partial charge in [0.1, 0.15) is 23.9 Å². The topological polar surface area (TPSA) is 73.8 Å². The molecular weight excluding hydrogens is 409 g/mol. The molecule has 3 aromatic carbocycles. The molecule has 1 amide bonds. The molecule has 1 atom stereocenters. The fraction of sp³-hybridized carbons (Fsp3) is 0.240. The van der Waals surface area contributed by atoms with E-state index in [2.05, 4.69) is 21.6 Å². The van der Waals surface area contributed by atoms with E-state index in [1.807, 2.05) is 18.2 Å². The number of carbonyl (C=O) groups is 1. The summed E-state index contributed by atoms with van der Waals surface area (Å²) >= 11 is 0. The number of rotatable bonds is 3. The summed E-state index contributed by atoms with van der Waals surface area (Å²) in [5.74, 6) is 0.554. The molecule has 3 aromatic rings. The third-order valence-electron chi connectivity index (χ3n) is 5.37. The van der Waals surface area contributed by atoms with Crippen molar-refractivity contribution in [3.8, 4) is 11.5 Å². The van der Waals surface area contributed by atoms with Gasteiger partial charge >= 0.3 is 0 Å². The summed E-state index contributed by atoms with van der Waals surface area (Å²) in [5, 5.41) is 15.0. The van der Waals surface area contributed by atoms with Crippen molar-refractivity contribution in [1.82, 2.24) is 5.32 Å². The minimum absolute atomic E-state index is 0.0428. The van der Waals surface area contributed by atoms with Gasteiger partial charge in [-0.1, -0.05) is 30.3 Å². The number of amides is 1. The maximum atomic E-state index is 13.3. The van der Waals surface area contributed by atoms with E-state index in [-0.39, 0.29) is 17.8 Å². The quantitative estimate of drug-likeness (QED) is 0.582. The van der Waals surface area contributed by atoms with Gasteiger partial charge in [-0.05, 0) is 42.0 Å². The SMILES string of the molecule is O=C1CC2CNCCN2c2cc(COc3cccc(F)c3)ccc2N1.Oc1ccccc1. The van der Waals surface area contributed by atoms with Crippen molar-refractivity contribution in [3.05, 3.63) is 84.2 Å². The minimum atomic E-state index is -0.314. The van der Waals surface area contributed by atoms with Crippen molar-refractivity contribution < 1.29 is 19.0 Å². The average Bonchev–Trinajstić information content (AvgIpc) is 2.94. The summed E-state index contributed by atoms with van der Waals surface area (Å²) < 4.78 is 18.9. The zero-order valence-electron chi connectivity index (χ0n) is 17.6. The number of benzene rings is 3. The number of ether oxygens (including phenoxy) is 1. The van der Waals surface area contributed by atoms with E-state index < -0.39 is 0 Å². The number of aromatic hydroxyl groups is 1. The van der Waals surface area contributed by atoms with Crippen molar-refractivity contribution in [2.24, 2.45) is 0 Å². The molecule has 0 saturated carbocycles. The summed E-state index contributed by atoms with van der Waals surface area (Å²) in [6.45, 7) is 2.91. The van der Waals surface area contributed by atoms with E-state index in [0.29, 0.717) is 24.5 Å². The smallest absolute Gasteiger partial charge is 0.226 e. The van der Waals surface area contributed by atoms with Crippen molar-refractivity contribution in [2.75, 3.05) is 29.9 Å². The second-order valence-corrected chi connectivity index (χ2v) is 7.74. The molecule has 0 radical (unpaired) electrons. The Hall–Kier alpha value is -3.58. The molecular formula is C25H26FN3O3. The lowest BCUT2D eigenvalue weighted by Gasteiger charge is -2.36. The summed E-state index contributed by atoms with van der Waals surface area (Å²) in [6, 6.07) is 20.9. The lowest BCUT2D eigenvalue weighted by Crippen LogP contribution is -2.51. The number of fused-ring (bicyclic) bond motifs is 3. The average molecular weight is 435 g/mol. The lowest BCUT2D eigenvalue weighted by atomic mass is 10.1. The van der Waals surface area contributed by atoms with Gasteiger partial charge in [-0.15, -0.1) is 0 Å². The fourth-order valence-corrected chi connectivity index (χ4v) is 3.84. The first-order valence-electron chi connectivity index (χ1n) is 10.6. The Labute approximate surface area is 186 Å². The molecule has 166 valence electrons. The van der Waals surface area contributed by atoms with Crippen LogP contribution in [0, 0.1) is 5.82 Å². The van der Waals surface area contributed by atoms with E-state index in [9.17, 15) is 9.18 Å². The predicted octanol–water partition coefficient (Wildman–Crippen LogP) is 3.92. The fourth-order valence-electron chi connectivity index (χ4n) is 3.84. The third kappa shape index (κ3) is 5.56. The number of anilines is 2. The van der Waals surface area contributed by atoms with Crippen LogP contribution in [0.5, 0.6) is 11.5 Å². The molecule has 0 spiro atoms. The highest BCUT2D eigenvalue weighted by Gasteiger charge is 2.30. The summed E-state index contributed by atoms with van der Waals surface area (Å²) in [7, 11) is 0. The molecule has 0 aliphatic carbocycles. The molecule has 0 aromatic heterocycles. The normalized spacial score (nSPS) is 17.1. The van der Waals surface area contributed by atoms with Crippen LogP contribution in [-0.2, 0) is 11.4 Å². The van der Waals surface area contributed by atoms with Crippen LogP contribution in [0.4, 0.5) is 15.8 Å². The van der Waals surface area contributed by atoms with E-state index in [1.165, 1.54) is 12.1 Å². The molecule has 2 aliphatic rings. The summed E-state index contributed by atoms with van der Waals surface area (Å²) in [4.78, 5) is 14.4. The van der Waals surface area contributed by atoms with Crippen molar-refractivity contribution >= 4 is 17.3 Å². The van der Waals surface area contributed by atoms with Crippen molar-refractivity contribution in [3.63, 3.8) is 0 Å².